The lowest BCUT2D eigenvalue weighted by Crippen LogP contribution is -2.19. The summed E-state index contributed by atoms with van der Waals surface area (Å²) in [6.45, 7) is 0. The summed E-state index contributed by atoms with van der Waals surface area (Å²) in [6.07, 6.45) is -4.91. The third-order valence-corrected chi connectivity index (χ3v) is 6.19. The first kappa shape index (κ1) is 25.2. The number of nitrogens with one attached hydrogen (secondary N) is 2. The molecule has 0 bridgehead atoms. The molecule has 0 aliphatic heterocycles. The summed E-state index contributed by atoms with van der Waals surface area (Å²) < 4.78 is 74.3. The number of rotatable bonds is 7. The molecule has 0 unspecified atom stereocenters. The summed E-state index contributed by atoms with van der Waals surface area (Å²) in [7, 11) is -2.86. The number of halogens is 4. The van der Waals surface area contributed by atoms with Crippen LogP contribution in [0, 0.1) is 0 Å². The van der Waals surface area contributed by atoms with E-state index in [0.717, 1.165) is 24.3 Å². The molecule has 0 aliphatic carbocycles. The lowest BCUT2D eigenvalue weighted by Gasteiger charge is -2.15. The SMILES string of the molecule is COc1cc(N)ccc1NC(=O)c1cc(Br)ccc1NS(=O)(=O)c1ccc(OC(F)(F)F)cc1. The number of hydrogen-bond donors (Lipinski definition) is 3. The summed E-state index contributed by atoms with van der Waals surface area (Å²) >= 11 is 3.24. The minimum Gasteiger partial charge on any atom is -0.494 e. The molecule has 0 fully saturated rings. The van der Waals surface area contributed by atoms with Gasteiger partial charge in [-0.2, -0.15) is 0 Å². The van der Waals surface area contributed by atoms with Gasteiger partial charge in [0.05, 0.1) is 28.9 Å². The fraction of sp³-hybridized carbons (Fsp3) is 0.0952. The molecular weight excluding hydrogens is 543 g/mol. The van der Waals surface area contributed by atoms with E-state index in [1.165, 1.54) is 37.4 Å². The van der Waals surface area contributed by atoms with Gasteiger partial charge < -0.3 is 20.5 Å². The Balaban J connectivity index is 1.88. The average molecular weight is 560 g/mol. The van der Waals surface area contributed by atoms with Crippen LogP contribution in [0.3, 0.4) is 0 Å². The van der Waals surface area contributed by atoms with E-state index in [1.54, 1.807) is 6.07 Å². The summed E-state index contributed by atoms with van der Waals surface area (Å²) in [4.78, 5) is 12.6. The maximum absolute atomic E-state index is 13.0. The standard InChI is InChI=1S/C21H17BrF3N3O5S/c1-32-19-11-13(26)3-9-18(19)27-20(29)16-10-12(22)2-8-17(16)28-34(30,31)15-6-4-14(5-7-15)33-21(23,24)25/h2-11,28H,26H2,1H3,(H,27,29). The Morgan fingerprint density at radius 2 is 1.65 bits per heavy atom. The first-order chi connectivity index (χ1) is 15.9. The number of sulfonamides is 1. The van der Waals surface area contributed by atoms with Crippen LogP contribution in [0.5, 0.6) is 11.5 Å². The minimum absolute atomic E-state index is 0.0335. The van der Waals surface area contributed by atoms with E-state index in [-0.39, 0.29) is 16.1 Å². The van der Waals surface area contributed by atoms with E-state index >= 15 is 0 Å². The number of amides is 1. The van der Waals surface area contributed by atoms with Crippen LogP contribution < -0.4 is 25.2 Å². The molecule has 180 valence electrons. The second kappa shape index (κ2) is 9.81. The second-order valence-corrected chi connectivity index (χ2v) is 9.33. The normalized spacial score (nSPS) is 11.6. The highest BCUT2D eigenvalue weighted by Gasteiger charge is 2.31. The van der Waals surface area contributed by atoms with Crippen molar-refractivity contribution in [2.45, 2.75) is 11.3 Å². The number of carbonyl (C=O) groups is 1. The number of ether oxygens (including phenoxy) is 2. The van der Waals surface area contributed by atoms with Crippen LogP contribution in [0.1, 0.15) is 10.4 Å². The zero-order chi connectivity index (χ0) is 25.1. The molecule has 3 aromatic rings. The van der Waals surface area contributed by atoms with E-state index < -0.39 is 28.0 Å². The maximum atomic E-state index is 13.0. The predicted octanol–water partition coefficient (Wildman–Crippen LogP) is 4.99. The summed E-state index contributed by atoms with van der Waals surface area (Å²) in [5.74, 6) is -0.935. The van der Waals surface area contributed by atoms with Crippen molar-refractivity contribution in [3.05, 3.63) is 70.7 Å². The number of hydrogen-bond acceptors (Lipinski definition) is 6. The topological polar surface area (TPSA) is 120 Å². The smallest absolute Gasteiger partial charge is 0.494 e. The molecule has 13 heteroatoms. The van der Waals surface area contributed by atoms with E-state index in [4.69, 9.17) is 10.5 Å². The highest BCUT2D eigenvalue weighted by molar-refractivity contribution is 9.10. The van der Waals surface area contributed by atoms with Crippen molar-refractivity contribution in [3.8, 4) is 11.5 Å². The molecule has 4 N–H and O–H groups in total. The number of anilines is 3. The molecule has 0 aromatic heterocycles. The third-order valence-electron chi connectivity index (χ3n) is 4.31. The monoisotopic (exact) mass is 559 g/mol. The van der Waals surface area contributed by atoms with Gasteiger partial charge in [0.25, 0.3) is 15.9 Å². The Bertz CT molecular complexity index is 1320. The largest absolute Gasteiger partial charge is 0.573 e. The maximum Gasteiger partial charge on any atom is 0.573 e. The minimum atomic E-state index is -4.91. The first-order valence-corrected chi connectivity index (χ1v) is 11.6. The van der Waals surface area contributed by atoms with Crippen LogP contribution >= 0.6 is 15.9 Å². The Kier molecular flexibility index (Phi) is 7.26. The Morgan fingerprint density at radius 1 is 1.00 bits per heavy atom. The van der Waals surface area contributed by atoms with Crippen LogP contribution in [0.2, 0.25) is 0 Å². The number of benzene rings is 3. The average Bonchev–Trinajstić information content (AvgIpc) is 2.75. The Morgan fingerprint density at radius 3 is 2.26 bits per heavy atom. The zero-order valence-electron chi connectivity index (χ0n) is 17.3. The highest BCUT2D eigenvalue weighted by atomic mass is 79.9. The van der Waals surface area contributed by atoms with Crippen molar-refractivity contribution in [2.75, 3.05) is 22.9 Å². The molecule has 0 saturated carbocycles. The Hall–Kier alpha value is -3.45. The van der Waals surface area contributed by atoms with Gasteiger partial charge in [0.1, 0.15) is 11.5 Å². The van der Waals surface area contributed by atoms with Gasteiger partial charge in [-0.3, -0.25) is 9.52 Å². The molecule has 0 aliphatic rings. The van der Waals surface area contributed by atoms with Crippen LogP contribution in [0.4, 0.5) is 30.2 Å². The molecule has 3 aromatic carbocycles. The van der Waals surface area contributed by atoms with E-state index in [9.17, 15) is 26.4 Å². The molecule has 8 nitrogen and oxygen atoms in total. The van der Waals surface area contributed by atoms with Gasteiger partial charge in [-0.1, -0.05) is 15.9 Å². The quantitative estimate of drug-likeness (QED) is 0.351. The lowest BCUT2D eigenvalue weighted by atomic mass is 10.1. The van der Waals surface area contributed by atoms with Crippen molar-refractivity contribution in [1.82, 2.24) is 0 Å². The number of carbonyl (C=O) groups excluding carboxylic acids is 1. The van der Waals surface area contributed by atoms with Crippen LogP contribution in [-0.4, -0.2) is 27.8 Å². The lowest BCUT2D eigenvalue weighted by molar-refractivity contribution is -0.274. The first-order valence-electron chi connectivity index (χ1n) is 9.31. The van der Waals surface area contributed by atoms with Crippen LogP contribution in [0.25, 0.3) is 0 Å². The zero-order valence-corrected chi connectivity index (χ0v) is 19.7. The summed E-state index contributed by atoms with van der Waals surface area (Å²) in [6, 6.07) is 12.5. The van der Waals surface area contributed by atoms with E-state index in [1.807, 2.05) is 0 Å². The molecule has 0 heterocycles. The number of nitrogens with two attached hydrogens (primary N) is 1. The highest BCUT2D eigenvalue weighted by Crippen LogP contribution is 2.30. The number of alkyl halides is 3. The molecule has 34 heavy (non-hydrogen) atoms. The number of nitrogen functional groups attached to an aromatic ring is 1. The molecular formula is C21H17BrF3N3O5S. The molecule has 0 atom stereocenters. The van der Waals surface area contributed by atoms with Gasteiger partial charge in [0.15, 0.2) is 0 Å². The van der Waals surface area contributed by atoms with Gasteiger partial charge >= 0.3 is 6.36 Å². The van der Waals surface area contributed by atoms with Gasteiger partial charge in [-0.05, 0) is 54.6 Å². The van der Waals surface area contributed by atoms with E-state index in [2.05, 4.69) is 30.7 Å². The van der Waals surface area contributed by atoms with Crippen LogP contribution in [0.15, 0.2) is 70.0 Å². The van der Waals surface area contributed by atoms with Crippen molar-refractivity contribution < 1.29 is 35.9 Å². The fourth-order valence-corrected chi connectivity index (χ4v) is 4.26. The molecule has 0 radical (unpaired) electrons. The summed E-state index contributed by atoms with van der Waals surface area (Å²) in [5.41, 5.74) is 6.33. The molecule has 0 spiro atoms. The van der Waals surface area contributed by atoms with Crippen molar-refractivity contribution in [3.63, 3.8) is 0 Å². The second-order valence-electron chi connectivity index (χ2n) is 6.73. The van der Waals surface area contributed by atoms with Crippen molar-refractivity contribution >= 4 is 48.9 Å². The Labute approximate surface area is 201 Å². The fourth-order valence-electron chi connectivity index (χ4n) is 2.82. The molecule has 1 amide bonds. The number of methoxy groups -OCH3 is 1. The van der Waals surface area contributed by atoms with Gasteiger partial charge in [-0.25, -0.2) is 8.42 Å². The van der Waals surface area contributed by atoms with Crippen molar-refractivity contribution in [1.29, 1.82) is 0 Å². The van der Waals surface area contributed by atoms with Gasteiger partial charge in [0, 0.05) is 16.2 Å². The van der Waals surface area contributed by atoms with Crippen LogP contribution in [-0.2, 0) is 10.0 Å². The predicted molar refractivity (Wildman–Crippen MR) is 123 cm³/mol. The molecule has 3 rings (SSSR count). The van der Waals surface area contributed by atoms with Gasteiger partial charge in [-0.15, -0.1) is 13.2 Å². The molecule has 0 saturated heterocycles. The van der Waals surface area contributed by atoms with Crippen molar-refractivity contribution in [2.24, 2.45) is 0 Å². The van der Waals surface area contributed by atoms with Gasteiger partial charge in [0.2, 0.25) is 0 Å². The third kappa shape index (κ3) is 6.32. The summed E-state index contributed by atoms with van der Waals surface area (Å²) in [5, 5.41) is 2.63. The van der Waals surface area contributed by atoms with E-state index in [0.29, 0.717) is 21.6 Å².